The van der Waals surface area contributed by atoms with Crippen LogP contribution < -0.4 is 21.7 Å². The van der Waals surface area contributed by atoms with Crippen molar-refractivity contribution in [2.75, 3.05) is 17.8 Å². The van der Waals surface area contributed by atoms with E-state index in [-0.39, 0.29) is 5.95 Å². The van der Waals surface area contributed by atoms with Crippen molar-refractivity contribution in [3.05, 3.63) is 18.7 Å². The highest BCUT2D eigenvalue weighted by Gasteiger charge is 2.01. The molecule has 0 spiro atoms. The number of ether oxygens (including phenoxy) is 1. The van der Waals surface area contributed by atoms with Crippen molar-refractivity contribution in [3.8, 4) is 5.88 Å². The summed E-state index contributed by atoms with van der Waals surface area (Å²) in [6.45, 7) is 4.18. The molecule has 0 aliphatic rings. The molecule has 0 aliphatic carbocycles. The van der Waals surface area contributed by atoms with Crippen LogP contribution in [0.5, 0.6) is 5.88 Å². The first-order valence-electron chi connectivity index (χ1n) is 4.61. The molecule has 5 N–H and O–H groups in total. The summed E-state index contributed by atoms with van der Waals surface area (Å²) in [6, 6.07) is 1.59. The SMILES string of the molecule is C=CCCCOc1cc(NN)nc(N)n1. The van der Waals surface area contributed by atoms with E-state index in [1.54, 1.807) is 6.07 Å². The maximum Gasteiger partial charge on any atom is 0.225 e. The Morgan fingerprint density at radius 2 is 2.33 bits per heavy atom. The Bertz CT molecular complexity index is 328. The Morgan fingerprint density at radius 1 is 1.53 bits per heavy atom. The van der Waals surface area contributed by atoms with Crippen LogP contribution in [0.15, 0.2) is 18.7 Å². The smallest absolute Gasteiger partial charge is 0.225 e. The molecule has 1 heterocycles. The first-order valence-corrected chi connectivity index (χ1v) is 4.61. The van der Waals surface area contributed by atoms with Crippen molar-refractivity contribution in [1.29, 1.82) is 0 Å². The van der Waals surface area contributed by atoms with Crippen molar-refractivity contribution < 1.29 is 4.74 Å². The van der Waals surface area contributed by atoms with Gasteiger partial charge in [-0.1, -0.05) is 6.08 Å². The number of rotatable bonds is 6. The number of nitrogens with zero attached hydrogens (tertiary/aromatic N) is 2. The number of nitrogens with one attached hydrogen (secondary N) is 1. The first kappa shape index (κ1) is 11.3. The van der Waals surface area contributed by atoms with Gasteiger partial charge in [0.1, 0.15) is 5.82 Å². The summed E-state index contributed by atoms with van der Waals surface area (Å²) in [4.78, 5) is 7.73. The van der Waals surface area contributed by atoms with Gasteiger partial charge >= 0.3 is 0 Å². The van der Waals surface area contributed by atoms with Gasteiger partial charge in [-0.3, -0.25) is 0 Å². The molecule has 0 aliphatic heterocycles. The van der Waals surface area contributed by atoms with Crippen molar-refractivity contribution in [2.24, 2.45) is 5.84 Å². The molecule has 0 saturated carbocycles. The van der Waals surface area contributed by atoms with Crippen LogP contribution in [-0.2, 0) is 0 Å². The third-order valence-corrected chi connectivity index (χ3v) is 1.67. The van der Waals surface area contributed by atoms with Crippen molar-refractivity contribution in [2.45, 2.75) is 12.8 Å². The van der Waals surface area contributed by atoms with Crippen LogP contribution in [-0.4, -0.2) is 16.6 Å². The minimum Gasteiger partial charge on any atom is -0.477 e. The zero-order chi connectivity index (χ0) is 11.1. The summed E-state index contributed by atoms with van der Waals surface area (Å²) in [6.07, 6.45) is 3.63. The van der Waals surface area contributed by atoms with Crippen LogP contribution >= 0.6 is 0 Å². The lowest BCUT2D eigenvalue weighted by molar-refractivity contribution is 0.300. The highest BCUT2D eigenvalue weighted by atomic mass is 16.5. The largest absolute Gasteiger partial charge is 0.477 e. The monoisotopic (exact) mass is 209 g/mol. The second-order valence-electron chi connectivity index (χ2n) is 2.87. The van der Waals surface area contributed by atoms with Crippen molar-refractivity contribution >= 4 is 11.8 Å². The van der Waals surface area contributed by atoms with Crippen LogP contribution in [0.1, 0.15) is 12.8 Å². The molecule has 0 aromatic carbocycles. The molecule has 0 atom stereocenters. The van der Waals surface area contributed by atoms with E-state index in [0.29, 0.717) is 18.3 Å². The maximum absolute atomic E-state index is 5.45. The number of hydrogen-bond donors (Lipinski definition) is 3. The molecule has 15 heavy (non-hydrogen) atoms. The molecule has 6 nitrogen and oxygen atoms in total. The quantitative estimate of drug-likeness (QED) is 0.276. The van der Waals surface area contributed by atoms with E-state index in [9.17, 15) is 0 Å². The average molecular weight is 209 g/mol. The molecule has 0 radical (unpaired) electrons. The number of nitrogens with two attached hydrogens (primary N) is 2. The molecule has 1 aromatic heterocycles. The molecule has 6 heteroatoms. The predicted octanol–water partition coefficient (Wildman–Crippen LogP) is 0.689. The third-order valence-electron chi connectivity index (χ3n) is 1.67. The van der Waals surface area contributed by atoms with Gasteiger partial charge in [0.2, 0.25) is 11.8 Å². The Labute approximate surface area is 88.3 Å². The zero-order valence-electron chi connectivity index (χ0n) is 8.44. The van der Waals surface area contributed by atoms with Gasteiger partial charge in [-0.15, -0.1) is 6.58 Å². The van der Waals surface area contributed by atoms with E-state index in [0.717, 1.165) is 12.8 Å². The second kappa shape index (κ2) is 5.82. The molecule has 0 saturated heterocycles. The molecule has 0 unspecified atom stereocenters. The standard InChI is InChI=1S/C9H15N5O/c1-2-3-4-5-15-8-6-7(14-11)12-9(10)13-8/h2,6H,1,3-5,11H2,(H3,10,12,13,14). The van der Waals surface area contributed by atoms with Crippen LogP contribution in [0.3, 0.4) is 0 Å². The molecule has 0 amide bonds. The summed E-state index contributed by atoms with van der Waals surface area (Å²) < 4.78 is 5.36. The summed E-state index contributed by atoms with van der Waals surface area (Å²) in [7, 11) is 0. The maximum atomic E-state index is 5.45. The van der Waals surface area contributed by atoms with E-state index < -0.39 is 0 Å². The van der Waals surface area contributed by atoms with E-state index in [2.05, 4.69) is 22.0 Å². The Balaban J connectivity index is 2.52. The minimum atomic E-state index is 0.129. The molecular weight excluding hydrogens is 194 g/mol. The fourth-order valence-electron chi connectivity index (χ4n) is 0.995. The zero-order valence-corrected chi connectivity index (χ0v) is 8.44. The summed E-state index contributed by atoms with van der Waals surface area (Å²) in [5.41, 5.74) is 7.83. The van der Waals surface area contributed by atoms with Gasteiger partial charge in [-0.05, 0) is 12.8 Å². The van der Waals surface area contributed by atoms with E-state index in [1.165, 1.54) is 0 Å². The fourth-order valence-corrected chi connectivity index (χ4v) is 0.995. The van der Waals surface area contributed by atoms with Gasteiger partial charge in [-0.25, -0.2) is 5.84 Å². The van der Waals surface area contributed by atoms with Crippen LogP contribution in [0.4, 0.5) is 11.8 Å². The Kier molecular flexibility index (Phi) is 4.36. The molecule has 82 valence electrons. The highest BCUT2D eigenvalue weighted by molar-refractivity contribution is 5.41. The summed E-state index contributed by atoms with van der Waals surface area (Å²) >= 11 is 0. The lowest BCUT2D eigenvalue weighted by atomic mass is 10.3. The lowest BCUT2D eigenvalue weighted by Gasteiger charge is -2.06. The lowest BCUT2D eigenvalue weighted by Crippen LogP contribution is -2.11. The average Bonchev–Trinajstić information content (AvgIpc) is 2.23. The summed E-state index contributed by atoms with van der Waals surface area (Å²) in [5.74, 6) is 6.18. The fraction of sp³-hybridized carbons (Fsp3) is 0.333. The van der Waals surface area contributed by atoms with Crippen molar-refractivity contribution in [1.82, 2.24) is 9.97 Å². The number of hydrogen-bond acceptors (Lipinski definition) is 6. The number of allylic oxidation sites excluding steroid dienone is 1. The first-order chi connectivity index (χ1) is 7.26. The number of unbranched alkanes of at least 4 members (excludes halogenated alkanes) is 1. The number of nitrogen functional groups attached to an aromatic ring is 2. The third kappa shape index (κ3) is 3.82. The van der Waals surface area contributed by atoms with Gasteiger partial charge in [0.25, 0.3) is 0 Å². The summed E-state index contributed by atoms with van der Waals surface area (Å²) in [5, 5.41) is 0. The second-order valence-corrected chi connectivity index (χ2v) is 2.87. The van der Waals surface area contributed by atoms with Crippen LogP contribution in [0.25, 0.3) is 0 Å². The van der Waals surface area contributed by atoms with E-state index in [4.69, 9.17) is 16.3 Å². The van der Waals surface area contributed by atoms with Gasteiger partial charge < -0.3 is 15.9 Å². The van der Waals surface area contributed by atoms with Gasteiger partial charge in [0.15, 0.2) is 0 Å². The molecule has 1 rings (SSSR count). The molecule has 0 bridgehead atoms. The topological polar surface area (TPSA) is 99.1 Å². The molecule has 1 aromatic rings. The van der Waals surface area contributed by atoms with Gasteiger partial charge in [0.05, 0.1) is 6.61 Å². The number of anilines is 2. The number of hydrazine groups is 1. The Hall–Kier alpha value is -1.82. The van der Waals surface area contributed by atoms with Gasteiger partial charge in [0, 0.05) is 6.07 Å². The highest BCUT2D eigenvalue weighted by Crippen LogP contribution is 2.13. The predicted molar refractivity (Wildman–Crippen MR) is 59.2 cm³/mol. The minimum absolute atomic E-state index is 0.129. The molecule has 0 fully saturated rings. The van der Waals surface area contributed by atoms with E-state index >= 15 is 0 Å². The molecular formula is C9H15N5O. The number of aromatic nitrogens is 2. The van der Waals surface area contributed by atoms with Crippen molar-refractivity contribution in [3.63, 3.8) is 0 Å². The van der Waals surface area contributed by atoms with E-state index in [1.807, 2.05) is 6.08 Å². The Morgan fingerprint density at radius 3 is 3.00 bits per heavy atom. The van der Waals surface area contributed by atoms with Crippen LogP contribution in [0, 0.1) is 0 Å². The van der Waals surface area contributed by atoms with Gasteiger partial charge in [-0.2, -0.15) is 9.97 Å². The van der Waals surface area contributed by atoms with Crippen LogP contribution in [0.2, 0.25) is 0 Å². The normalized spacial score (nSPS) is 9.67.